The molecule has 3 heterocycles. The summed E-state index contributed by atoms with van der Waals surface area (Å²) in [4.78, 5) is 24.5. The van der Waals surface area contributed by atoms with Crippen LogP contribution in [0, 0.1) is 0 Å². The van der Waals surface area contributed by atoms with E-state index in [0.717, 1.165) is 0 Å². The van der Waals surface area contributed by atoms with E-state index in [4.69, 9.17) is 4.74 Å². The van der Waals surface area contributed by atoms with E-state index in [0.29, 0.717) is 19.4 Å². The van der Waals surface area contributed by atoms with Gasteiger partial charge in [-0.3, -0.25) is 4.79 Å². The Kier molecular flexibility index (Phi) is 3.95. The van der Waals surface area contributed by atoms with Crippen molar-refractivity contribution in [3.63, 3.8) is 0 Å². The van der Waals surface area contributed by atoms with Crippen molar-refractivity contribution in [1.82, 2.24) is 10.2 Å². The summed E-state index contributed by atoms with van der Waals surface area (Å²) in [5.41, 5.74) is -1.27. The maximum atomic E-state index is 12.4. The van der Waals surface area contributed by atoms with Crippen molar-refractivity contribution in [2.75, 3.05) is 19.6 Å². The van der Waals surface area contributed by atoms with E-state index in [1.54, 1.807) is 6.92 Å². The number of ether oxygens (including phenoxy) is 1. The van der Waals surface area contributed by atoms with Gasteiger partial charge in [-0.05, 0) is 12.8 Å². The molecule has 0 radical (unpaired) electrons. The number of hydrogen-bond acceptors (Lipinski definition) is 4. The van der Waals surface area contributed by atoms with E-state index >= 15 is 0 Å². The fourth-order valence-electron chi connectivity index (χ4n) is 2.80. The predicted molar refractivity (Wildman–Crippen MR) is 62.8 cm³/mol. The number of fused-ring (bicyclic) bond motifs is 4. The number of carbonyl (C=O) groups excluding carboxylic acids is 2. The van der Waals surface area contributed by atoms with E-state index in [-0.39, 0.29) is 31.5 Å². The zero-order valence-corrected chi connectivity index (χ0v) is 11.1. The molecule has 2 atom stereocenters. The minimum absolute atomic E-state index is 0.0269. The van der Waals surface area contributed by atoms with E-state index in [1.165, 1.54) is 4.90 Å². The van der Waals surface area contributed by atoms with Gasteiger partial charge in [-0.25, -0.2) is 4.79 Å². The average molecular weight is 294 g/mol. The zero-order valence-electron chi connectivity index (χ0n) is 11.1. The molecule has 2 unspecified atom stereocenters. The Morgan fingerprint density at radius 2 is 2.15 bits per heavy atom. The van der Waals surface area contributed by atoms with Gasteiger partial charge in [0.05, 0.1) is 6.54 Å². The Morgan fingerprint density at radius 1 is 1.45 bits per heavy atom. The first kappa shape index (κ1) is 15.1. The van der Waals surface area contributed by atoms with Gasteiger partial charge in [0.15, 0.2) is 0 Å². The molecule has 5 nitrogen and oxygen atoms in total. The Hall–Kier alpha value is -1.31. The van der Waals surface area contributed by atoms with Crippen molar-refractivity contribution < 1.29 is 27.5 Å². The molecule has 1 amide bonds. The third kappa shape index (κ3) is 2.89. The molecule has 3 aliphatic heterocycles. The Labute approximate surface area is 114 Å². The van der Waals surface area contributed by atoms with Crippen LogP contribution in [0.4, 0.5) is 13.2 Å². The standard InChI is InChI=1S/C12H17F3N2O3/c1-2-9(18)17-7-11(20-10(19)12(13,14)15)4-3-8(17)5-16-6-11/h8,16H,2-7H2,1H3. The van der Waals surface area contributed by atoms with Crippen LogP contribution in [-0.2, 0) is 14.3 Å². The molecular weight excluding hydrogens is 277 g/mol. The fourth-order valence-corrected chi connectivity index (χ4v) is 2.80. The summed E-state index contributed by atoms with van der Waals surface area (Å²) in [7, 11) is 0. The van der Waals surface area contributed by atoms with Crippen LogP contribution < -0.4 is 5.32 Å². The number of nitrogens with zero attached hydrogens (tertiary/aromatic N) is 1. The van der Waals surface area contributed by atoms with Crippen LogP contribution in [0.2, 0.25) is 0 Å². The number of hydrogen-bond donors (Lipinski definition) is 1. The van der Waals surface area contributed by atoms with Crippen LogP contribution >= 0.6 is 0 Å². The molecule has 0 spiro atoms. The number of carbonyl (C=O) groups is 2. The highest BCUT2D eigenvalue weighted by Crippen LogP contribution is 2.33. The molecular formula is C12H17F3N2O3. The normalized spacial score (nSPS) is 30.0. The van der Waals surface area contributed by atoms with Crippen molar-refractivity contribution in [1.29, 1.82) is 0 Å². The molecule has 3 aliphatic rings. The lowest BCUT2D eigenvalue weighted by Crippen LogP contribution is -2.57. The number of nitrogens with one attached hydrogen (secondary N) is 1. The SMILES string of the molecule is CCC(=O)N1CC2(OC(=O)C(F)(F)F)CCC1CNC2. The molecule has 3 saturated heterocycles. The molecule has 3 rings (SSSR count). The minimum atomic E-state index is -5.02. The van der Waals surface area contributed by atoms with Crippen LogP contribution in [0.5, 0.6) is 0 Å². The van der Waals surface area contributed by atoms with Crippen molar-refractivity contribution in [3.8, 4) is 0 Å². The maximum absolute atomic E-state index is 12.4. The van der Waals surface area contributed by atoms with Crippen molar-refractivity contribution >= 4 is 11.9 Å². The third-order valence-electron chi connectivity index (χ3n) is 3.82. The molecule has 0 aliphatic carbocycles. The Balaban J connectivity index is 2.17. The molecule has 8 heteroatoms. The summed E-state index contributed by atoms with van der Waals surface area (Å²) >= 11 is 0. The largest absolute Gasteiger partial charge is 0.490 e. The Morgan fingerprint density at radius 3 is 2.75 bits per heavy atom. The molecule has 0 aromatic rings. The highest BCUT2D eigenvalue weighted by atomic mass is 19.4. The zero-order chi connectivity index (χ0) is 15.0. The van der Waals surface area contributed by atoms with E-state index < -0.39 is 17.7 Å². The number of amides is 1. The van der Waals surface area contributed by atoms with Crippen LogP contribution in [0.1, 0.15) is 26.2 Å². The molecule has 0 aromatic heterocycles. The molecule has 3 fully saturated rings. The van der Waals surface area contributed by atoms with E-state index in [2.05, 4.69) is 5.32 Å². The number of alkyl halides is 3. The topological polar surface area (TPSA) is 58.6 Å². The van der Waals surface area contributed by atoms with Crippen LogP contribution in [-0.4, -0.2) is 54.2 Å². The first-order valence-electron chi connectivity index (χ1n) is 6.58. The predicted octanol–water partition coefficient (Wildman–Crippen LogP) is 0.835. The molecule has 0 aromatic carbocycles. The molecule has 0 saturated carbocycles. The lowest BCUT2D eigenvalue weighted by atomic mass is 9.90. The van der Waals surface area contributed by atoms with Gasteiger partial charge >= 0.3 is 12.1 Å². The quantitative estimate of drug-likeness (QED) is 0.767. The second-order valence-corrected chi connectivity index (χ2v) is 5.27. The lowest BCUT2D eigenvalue weighted by Gasteiger charge is -2.42. The van der Waals surface area contributed by atoms with Gasteiger partial charge in [0, 0.05) is 25.6 Å². The van der Waals surface area contributed by atoms with Gasteiger partial charge in [-0.15, -0.1) is 0 Å². The van der Waals surface area contributed by atoms with Gasteiger partial charge in [0.1, 0.15) is 5.60 Å². The summed E-state index contributed by atoms with van der Waals surface area (Å²) < 4.78 is 41.8. The van der Waals surface area contributed by atoms with E-state index in [9.17, 15) is 22.8 Å². The molecule has 114 valence electrons. The number of halogens is 3. The number of rotatable bonds is 2. The summed E-state index contributed by atoms with van der Waals surface area (Å²) in [6.07, 6.45) is -3.87. The number of esters is 1. The van der Waals surface area contributed by atoms with Gasteiger partial charge in [0.2, 0.25) is 5.91 Å². The van der Waals surface area contributed by atoms with Crippen molar-refractivity contribution in [2.24, 2.45) is 0 Å². The van der Waals surface area contributed by atoms with Gasteiger partial charge in [0.25, 0.3) is 0 Å². The molecule has 2 bridgehead atoms. The highest BCUT2D eigenvalue weighted by Gasteiger charge is 2.51. The van der Waals surface area contributed by atoms with Crippen LogP contribution in [0.25, 0.3) is 0 Å². The fraction of sp³-hybridized carbons (Fsp3) is 0.833. The van der Waals surface area contributed by atoms with Gasteiger partial charge in [-0.2, -0.15) is 13.2 Å². The van der Waals surface area contributed by atoms with Crippen molar-refractivity contribution in [3.05, 3.63) is 0 Å². The highest BCUT2D eigenvalue weighted by molar-refractivity contribution is 5.78. The molecule has 1 N–H and O–H groups in total. The average Bonchev–Trinajstić information content (AvgIpc) is 2.68. The first-order chi connectivity index (χ1) is 9.27. The summed E-state index contributed by atoms with van der Waals surface area (Å²) in [6.45, 7) is 2.37. The lowest BCUT2D eigenvalue weighted by molar-refractivity contribution is -0.217. The summed E-state index contributed by atoms with van der Waals surface area (Å²) in [5, 5.41) is 2.98. The maximum Gasteiger partial charge on any atom is 0.490 e. The van der Waals surface area contributed by atoms with Gasteiger partial charge in [-0.1, -0.05) is 6.92 Å². The third-order valence-corrected chi connectivity index (χ3v) is 3.82. The van der Waals surface area contributed by atoms with Crippen LogP contribution in [0.15, 0.2) is 0 Å². The van der Waals surface area contributed by atoms with Crippen LogP contribution in [0.3, 0.4) is 0 Å². The smallest absolute Gasteiger partial charge is 0.449 e. The van der Waals surface area contributed by atoms with Gasteiger partial charge < -0.3 is 15.0 Å². The monoisotopic (exact) mass is 294 g/mol. The second-order valence-electron chi connectivity index (χ2n) is 5.27. The molecule has 20 heavy (non-hydrogen) atoms. The van der Waals surface area contributed by atoms with Crippen molar-refractivity contribution in [2.45, 2.75) is 44.0 Å². The second kappa shape index (κ2) is 5.23. The summed E-state index contributed by atoms with van der Waals surface area (Å²) in [6, 6.07) is -0.0392. The number of piperidine rings is 1. The summed E-state index contributed by atoms with van der Waals surface area (Å²) in [5.74, 6) is -2.32. The van der Waals surface area contributed by atoms with E-state index in [1.807, 2.05) is 0 Å². The first-order valence-corrected chi connectivity index (χ1v) is 6.58. The minimum Gasteiger partial charge on any atom is -0.449 e. The Bertz CT molecular complexity index is 409.